The molecule has 0 saturated heterocycles. The molecule has 0 aromatic rings. The van der Waals surface area contributed by atoms with Gasteiger partial charge in [0, 0.05) is 31.6 Å². The second-order valence-corrected chi connectivity index (χ2v) is 8.33. The third-order valence-corrected chi connectivity index (χ3v) is 5.95. The third kappa shape index (κ3) is 9.32. The number of aliphatic hydroxyl groups is 1. The zero-order valence-electron chi connectivity index (χ0n) is 17.5. The van der Waals surface area contributed by atoms with Crippen molar-refractivity contribution in [2.45, 2.75) is 109 Å². The van der Waals surface area contributed by atoms with Crippen molar-refractivity contribution in [1.82, 2.24) is 0 Å². The minimum Gasteiger partial charge on any atom is -0.481 e. The molecule has 2 N–H and O–H groups in total. The van der Waals surface area contributed by atoms with E-state index in [2.05, 4.69) is 0 Å². The molecule has 2 unspecified atom stereocenters. The Morgan fingerprint density at radius 2 is 1.62 bits per heavy atom. The number of ketones is 2. The molecule has 0 aromatic carbocycles. The van der Waals surface area contributed by atoms with Crippen molar-refractivity contribution in [3.05, 3.63) is 0 Å². The van der Waals surface area contributed by atoms with Crippen molar-refractivity contribution in [1.29, 1.82) is 0 Å². The normalized spacial score (nSPS) is 22.2. The number of rotatable bonds is 16. The van der Waals surface area contributed by atoms with Crippen molar-refractivity contribution in [2.24, 2.45) is 11.8 Å². The van der Waals surface area contributed by atoms with Gasteiger partial charge < -0.3 is 10.2 Å². The number of aliphatic carboxylic acids is 1. The van der Waals surface area contributed by atoms with Gasteiger partial charge in [0.15, 0.2) is 0 Å². The number of carboxylic acids is 1. The molecule has 0 bridgehead atoms. The largest absolute Gasteiger partial charge is 0.481 e. The van der Waals surface area contributed by atoms with E-state index < -0.39 is 36.1 Å². The molecule has 1 fully saturated rings. The predicted molar refractivity (Wildman–Crippen MR) is 106 cm³/mol. The molecule has 0 aliphatic heterocycles. The smallest absolute Gasteiger partial charge is 0.305 e. The second kappa shape index (κ2) is 13.0. The lowest BCUT2D eigenvalue weighted by Gasteiger charge is -2.22. The molecule has 7 heteroatoms. The first kappa shape index (κ1) is 25.7. The van der Waals surface area contributed by atoms with E-state index in [0.717, 1.165) is 32.1 Å². The topological polar surface area (TPSA) is 91.7 Å². The van der Waals surface area contributed by atoms with Gasteiger partial charge in [-0.3, -0.25) is 14.4 Å². The van der Waals surface area contributed by atoms with Gasteiger partial charge in [-0.25, -0.2) is 0 Å². The molecule has 0 amide bonds. The fourth-order valence-corrected chi connectivity index (χ4v) is 4.15. The van der Waals surface area contributed by atoms with Crippen LogP contribution >= 0.6 is 0 Å². The SMILES string of the molecule is CCCCC(F)(F)C(=O)CC[C@H]1C(O)CC(=O)C1CCCCCCCCC(=O)O. The predicted octanol–water partition coefficient (Wildman–Crippen LogP) is 4.93. The van der Waals surface area contributed by atoms with Crippen LogP contribution in [0.4, 0.5) is 8.78 Å². The number of halogens is 2. The maximum absolute atomic E-state index is 13.9. The van der Waals surface area contributed by atoms with E-state index in [1.807, 2.05) is 0 Å². The van der Waals surface area contributed by atoms with Gasteiger partial charge in [0.2, 0.25) is 5.78 Å². The van der Waals surface area contributed by atoms with Gasteiger partial charge in [-0.1, -0.05) is 45.4 Å². The molecule has 168 valence electrons. The molecule has 1 aliphatic rings. The first-order valence-corrected chi connectivity index (χ1v) is 11.0. The molecule has 1 aliphatic carbocycles. The highest BCUT2D eigenvalue weighted by molar-refractivity contribution is 5.86. The lowest BCUT2D eigenvalue weighted by molar-refractivity contribution is -0.144. The van der Waals surface area contributed by atoms with Crippen LogP contribution in [0.15, 0.2) is 0 Å². The van der Waals surface area contributed by atoms with Crippen LogP contribution in [0.3, 0.4) is 0 Å². The maximum Gasteiger partial charge on any atom is 0.305 e. The van der Waals surface area contributed by atoms with Crippen molar-refractivity contribution in [2.75, 3.05) is 0 Å². The molecule has 0 radical (unpaired) electrons. The number of aliphatic hydroxyl groups excluding tert-OH is 1. The summed E-state index contributed by atoms with van der Waals surface area (Å²) in [5.74, 6) is -5.99. The molecule has 1 saturated carbocycles. The Kier molecular flexibility index (Phi) is 11.5. The van der Waals surface area contributed by atoms with Gasteiger partial charge in [-0.15, -0.1) is 0 Å². The summed E-state index contributed by atoms with van der Waals surface area (Å²) in [5.41, 5.74) is 0. The number of hydrogen-bond donors (Lipinski definition) is 2. The van der Waals surface area contributed by atoms with Crippen LogP contribution in [-0.2, 0) is 14.4 Å². The molecular weight excluding hydrogens is 382 g/mol. The van der Waals surface area contributed by atoms with Crippen LogP contribution in [-0.4, -0.2) is 39.8 Å². The van der Waals surface area contributed by atoms with Crippen LogP contribution in [0.2, 0.25) is 0 Å². The number of carbonyl (C=O) groups excluding carboxylic acids is 2. The zero-order chi connectivity index (χ0) is 21.9. The van der Waals surface area contributed by atoms with E-state index in [9.17, 15) is 28.3 Å². The lowest BCUT2D eigenvalue weighted by atomic mass is 9.85. The fourth-order valence-electron chi connectivity index (χ4n) is 4.15. The van der Waals surface area contributed by atoms with Gasteiger partial charge in [0.05, 0.1) is 6.10 Å². The van der Waals surface area contributed by atoms with Gasteiger partial charge in [0.25, 0.3) is 0 Å². The van der Waals surface area contributed by atoms with Gasteiger partial charge in [-0.05, 0) is 31.6 Å². The molecule has 0 heterocycles. The first-order valence-electron chi connectivity index (χ1n) is 11.0. The number of unbranched alkanes of at least 4 members (excludes halogenated alkanes) is 6. The summed E-state index contributed by atoms with van der Waals surface area (Å²) in [4.78, 5) is 34.5. The second-order valence-electron chi connectivity index (χ2n) is 8.33. The first-order chi connectivity index (χ1) is 13.7. The van der Waals surface area contributed by atoms with E-state index in [-0.39, 0.29) is 37.4 Å². The molecular formula is C22H36F2O5. The Labute approximate surface area is 172 Å². The molecule has 5 nitrogen and oxygen atoms in total. The average Bonchev–Trinajstić information content (AvgIpc) is 2.92. The van der Waals surface area contributed by atoms with E-state index >= 15 is 0 Å². The van der Waals surface area contributed by atoms with E-state index in [4.69, 9.17) is 5.11 Å². The number of hydrogen-bond acceptors (Lipinski definition) is 4. The Bertz CT molecular complexity index is 535. The highest BCUT2D eigenvalue weighted by Crippen LogP contribution is 2.37. The molecule has 1 rings (SSSR count). The highest BCUT2D eigenvalue weighted by Gasteiger charge is 2.43. The standard InChI is InChI=1S/C22H36F2O5/c1-2-3-14-22(23,24)20(27)13-12-17-16(18(25)15-19(17)26)10-8-6-4-5-7-9-11-21(28)29/h16-17,19,26H,2-15H2,1H3,(H,28,29)/t16?,17-,19?/m1/s1. The van der Waals surface area contributed by atoms with Crippen molar-refractivity contribution in [3.8, 4) is 0 Å². The number of carbonyl (C=O) groups is 3. The summed E-state index contributed by atoms with van der Waals surface area (Å²) in [6.07, 6.45) is 5.42. The monoisotopic (exact) mass is 418 g/mol. The number of carboxylic acid groups (broad SMARTS) is 1. The van der Waals surface area contributed by atoms with Crippen LogP contribution < -0.4 is 0 Å². The van der Waals surface area contributed by atoms with Crippen molar-refractivity contribution in [3.63, 3.8) is 0 Å². The molecule has 29 heavy (non-hydrogen) atoms. The summed E-state index contributed by atoms with van der Waals surface area (Å²) in [5, 5.41) is 18.8. The van der Waals surface area contributed by atoms with Crippen LogP contribution in [0, 0.1) is 11.8 Å². The van der Waals surface area contributed by atoms with Crippen LogP contribution in [0.5, 0.6) is 0 Å². The average molecular weight is 419 g/mol. The maximum atomic E-state index is 13.9. The number of alkyl halides is 2. The van der Waals surface area contributed by atoms with Gasteiger partial charge in [-0.2, -0.15) is 8.78 Å². The van der Waals surface area contributed by atoms with Gasteiger partial charge in [0.1, 0.15) is 5.78 Å². The Morgan fingerprint density at radius 3 is 2.24 bits per heavy atom. The van der Waals surface area contributed by atoms with Crippen LogP contribution in [0.25, 0.3) is 0 Å². The summed E-state index contributed by atoms with van der Waals surface area (Å²) < 4.78 is 27.7. The van der Waals surface area contributed by atoms with E-state index in [1.54, 1.807) is 6.92 Å². The van der Waals surface area contributed by atoms with Gasteiger partial charge >= 0.3 is 11.9 Å². The molecule has 3 atom stereocenters. The van der Waals surface area contributed by atoms with Crippen LogP contribution in [0.1, 0.15) is 96.8 Å². The van der Waals surface area contributed by atoms with Crippen molar-refractivity contribution >= 4 is 17.5 Å². The zero-order valence-corrected chi connectivity index (χ0v) is 17.5. The number of Topliss-reactive ketones (excluding diaryl/α,β-unsaturated/α-hetero) is 2. The Balaban J connectivity index is 2.36. The molecule has 0 spiro atoms. The fraction of sp³-hybridized carbons (Fsp3) is 0.864. The Hall–Kier alpha value is -1.37. The van der Waals surface area contributed by atoms with Crippen molar-refractivity contribution < 1.29 is 33.4 Å². The minimum atomic E-state index is -3.32. The highest BCUT2D eigenvalue weighted by atomic mass is 19.3. The minimum absolute atomic E-state index is 0.0332. The summed E-state index contributed by atoms with van der Waals surface area (Å²) in [7, 11) is 0. The quantitative estimate of drug-likeness (QED) is 0.347. The van der Waals surface area contributed by atoms with E-state index in [1.165, 1.54) is 0 Å². The summed E-state index contributed by atoms with van der Waals surface area (Å²) in [6, 6.07) is 0. The third-order valence-electron chi connectivity index (χ3n) is 5.95. The lowest BCUT2D eigenvalue weighted by Crippen LogP contribution is -2.30. The Morgan fingerprint density at radius 1 is 1.00 bits per heavy atom. The summed E-state index contributed by atoms with van der Waals surface area (Å²) in [6.45, 7) is 1.79. The van der Waals surface area contributed by atoms with E-state index in [0.29, 0.717) is 25.7 Å². The summed E-state index contributed by atoms with van der Waals surface area (Å²) >= 11 is 0. The molecule has 0 aromatic heterocycles.